The Kier molecular flexibility index (Phi) is 11.3. The number of carbonyl (C=O) groups is 1. The van der Waals surface area contributed by atoms with Crippen molar-refractivity contribution in [3.63, 3.8) is 0 Å². The van der Waals surface area contributed by atoms with Crippen molar-refractivity contribution in [3.8, 4) is 0 Å². The van der Waals surface area contributed by atoms with Crippen LogP contribution in [0.15, 0.2) is 57.6 Å². The van der Waals surface area contributed by atoms with Gasteiger partial charge in [0.2, 0.25) is 5.95 Å². The van der Waals surface area contributed by atoms with Crippen LogP contribution < -0.4 is 16.4 Å². The number of azo groups is 1. The molecule has 0 saturated heterocycles. The van der Waals surface area contributed by atoms with Crippen LogP contribution in [-0.2, 0) is 35.0 Å². The van der Waals surface area contributed by atoms with E-state index in [0.717, 1.165) is 0 Å². The molecule has 0 fully saturated rings. The van der Waals surface area contributed by atoms with Crippen LogP contribution in [0.25, 0.3) is 0 Å². The van der Waals surface area contributed by atoms with Gasteiger partial charge in [-0.2, -0.15) is 37.3 Å². The summed E-state index contributed by atoms with van der Waals surface area (Å²) < 4.78 is 110. The number of aromatic nitrogens is 3. The van der Waals surface area contributed by atoms with E-state index >= 15 is 0 Å². The number of nitrogens with two attached hydrogens (primary N) is 1. The van der Waals surface area contributed by atoms with Gasteiger partial charge in [0.15, 0.2) is 9.84 Å². The summed E-state index contributed by atoms with van der Waals surface area (Å²) in [6.45, 7) is -0.777. The topological polar surface area (TPSA) is 279 Å². The summed E-state index contributed by atoms with van der Waals surface area (Å²) in [7, 11) is -11.8. The molecule has 3 aromatic rings. The average Bonchev–Trinajstić information content (AvgIpc) is 2.81. The molecule has 2 aromatic carbocycles. The molecule has 23 heteroatoms. The normalized spacial score (nSPS) is 11.4. The number of primary amides is 1. The molecule has 1 aromatic heterocycles. The zero-order valence-corrected chi connectivity index (χ0v) is 22.3. The third-order valence-electron chi connectivity index (χ3n) is 4.14. The number of hydrogen-bond donors (Lipinski definition) is 4. The van der Waals surface area contributed by atoms with Crippen LogP contribution >= 0.6 is 0 Å². The van der Waals surface area contributed by atoms with Crippen LogP contribution in [0.1, 0.15) is 0 Å². The van der Waals surface area contributed by atoms with Gasteiger partial charge in [-0.25, -0.2) is 17.4 Å². The molecule has 0 bridgehead atoms. The fourth-order valence-corrected chi connectivity index (χ4v) is 4.13. The van der Waals surface area contributed by atoms with E-state index in [9.17, 15) is 30.4 Å². The van der Waals surface area contributed by atoms with E-state index in [4.69, 9.17) is 22.9 Å². The monoisotopic (exact) mass is 638 g/mol. The highest BCUT2D eigenvalue weighted by molar-refractivity contribution is 7.91. The van der Waals surface area contributed by atoms with Gasteiger partial charge in [-0.3, -0.25) is 4.55 Å². The number of sulfone groups is 1. The van der Waals surface area contributed by atoms with Crippen molar-refractivity contribution in [2.75, 3.05) is 23.0 Å². The van der Waals surface area contributed by atoms with E-state index in [1.54, 1.807) is 0 Å². The van der Waals surface area contributed by atoms with Crippen molar-refractivity contribution >= 4 is 65.6 Å². The quantitative estimate of drug-likeness (QED) is 0.180. The minimum absolute atomic E-state index is 0.0503. The van der Waals surface area contributed by atoms with Gasteiger partial charge in [-0.1, -0.05) is 0 Å². The lowest BCUT2D eigenvalue weighted by Crippen LogP contribution is -2.19. The lowest BCUT2D eigenvalue weighted by atomic mass is 10.2. The largest absolute Gasteiger partial charge is 0.425 e. The first kappa shape index (κ1) is 32.6. The molecule has 41 heavy (non-hydrogen) atoms. The van der Waals surface area contributed by atoms with Crippen molar-refractivity contribution in [1.29, 1.82) is 0 Å². The Labute approximate surface area is 230 Å². The fraction of sp³-hybridized carbons (Fsp3) is 0.111. The lowest BCUT2D eigenvalue weighted by Gasteiger charge is -2.09. The molecule has 0 aliphatic carbocycles. The van der Waals surface area contributed by atoms with Crippen molar-refractivity contribution in [2.45, 2.75) is 4.90 Å². The Bertz CT molecular complexity index is 1750. The van der Waals surface area contributed by atoms with Crippen LogP contribution in [0.4, 0.5) is 42.3 Å². The predicted octanol–water partition coefficient (Wildman–Crippen LogP) is 1.39. The number of halogens is 2. The number of anilines is 3. The smallest absolute Gasteiger partial charge is 0.351 e. The second-order valence-corrected chi connectivity index (χ2v) is 10.6. The van der Waals surface area contributed by atoms with E-state index < -0.39 is 67.3 Å². The van der Waals surface area contributed by atoms with E-state index in [0.29, 0.717) is 0 Å². The number of rotatable bonds is 10. The van der Waals surface area contributed by atoms with Crippen LogP contribution in [0, 0.1) is 12.2 Å². The molecule has 0 saturated carbocycles. The maximum atomic E-state index is 13.2. The van der Waals surface area contributed by atoms with Gasteiger partial charge in [0.25, 0.3) is 0 Å². The van der Waals surface area contributed by atoms with Crippen LogP contribution in [0.2, 0.25) is 0 Å². The zero-order valence-electron chi connectivity index (χ0n) is 19.9. The minimum Gasteiger partial charge on any atom is -0.351 e. The maximum absolute atomic E-state index is 13.2. The summed E-state index contributed by atoms with van der Waals surface area (Å²) in [5, 5.41) is 12.8. The van der Waals surface area contributed by atoms with Gasteiger partial charge in [0.05, 0.1) is 28.6 Å². The Morgan fingerprint density at radius 3 is 2.10 bits per heavy atom. The highest BCUT2D eigenvalue weighted by atomic mass is 32.3. The van der Waals surface area contributed by atoms with E-state index in [1.165, 1.54) is 42.5 Å². The summed E-state index contributed by atoms with van der Waals surface area (Å²) >= 11 is 0. The highest BCUT2D eigenvalue weighted by Crippen LogP contribution is 2.31. The van der Waals surface area contributed by atoms with Crippen LogP contribution in [0.5, 0.6) is 0 Å². The van der Waals surface area contributed by atoms with Gasteiger partial charge in [0, 0.05) is 5.69 Å². The third-order valence-corrected chi connectivity index (χ3v) is 6.30. The van der Waals surface area contributed by atoms with E-state index in [2.05, 4.69) is 40.0 Å². The first-order chi connectivity index (χ1) is 19.0. The summed E-state index contributed by atoms with van der Waals surface area (Å²) in [5.41, 5.74) is 5.73. The number of benzene rings is 2. The molecule has 0 aliphatic heterocycles. The van der Waals surface area contributed by atoms with Gasteiger partial charge in [-0.15, -0.1) is 17.7 Å². The van der Waals surface area contributed by atoms with E-state index in [-0.39, 0.29) is 27.6 Å². The number of hydrogen-bond acceptors (Lipinski definition) is 15. The molecule has 220 valence electrons. The maximum Gasteiger partial charge on any atom is 0.425 e. The molecule has 0 spiro atoms. The number of urea groups is 1. The van der Waals surface area contributed by atoms with Gasteiger partial charge in [0.1, 0.15) is 5.69 Å². The SMILES string of the molecule is NC(=O)Nc1cc(Nc2nc(F)nc(F)n2)ccc1N=Nc1ccc(S(=O)(=O)CCOS(=O)(=O)O)cc1.O=S(=O)=O. The number of carbonyl (C=O) groups excluding carboxylic acids is 1. The summed E-state index contributed by atoms with van der Waals surface area (Å²) in [5.74, 6) is -1.15. The van der Waals surface area contributed by atoms with Gasteiger partial charge in [-0.05, 0) is 42.5 Å². The molecule has 18 nitrogen and oxygen atoms in total. The Hall–Kier alpha value is -4.58. The molecule has 0 aliphatic rings. The first-order valence-corrected chi connectivity index (χ1v) is 14.2. The number of amides is 2. The van der Waals surface area contributed by atoms with Crippen LogP contribution in [-0.4, -0.2) is 67.4 Å². The first-order valence-electron chi connectivity index (χ1n) is 10.2. The van der Waals surface area contributed by atoms with Crippen molar-refractivity contribution in [1.82, 2.24) is 15.0 Å². The van der Waals surface area contributed by atoms with E-state index in [1.807, 2.05) is 0 Å². The van der Waals surface area contributed by atoms with Crippen molar-refractivity contribution in [3.05, 3.63) is 54.6 Å². The average molecular weight is 639 g/mol. The lowest BCUT2D eigenvalue weighted by molar-refractivity contribution is 0.259. The van der Waals surface area contributed by atoms with Gasteiger partial charge >= 0.3 is 39.2 Å². The second-order valence-electron chi connectivity index (χ2n) is 7.01. The predicted molar refractivity (Wildman–Crippen MR) is 133 cm³/mol. The minimum atomic E-state index is -4.77. The Morgan fingerprint density at radius 2 is 1.56 bits per heavy atom. The fourth-order valence-electron chi connectivity index (χ4n) is 2.64. The molecule has 0 unspecified atom stereocenters. The molecule has 1 heterocycles. The highest BCUT2D eigenvalue weighted by Gasteiger charge is 2.16. The molecular formula is C18H16F2N8O10S3. The summed E-state index contributed by atoms with van der Waals surface area (Å²) in [4.78, 5) is 20.6. The summed E-state index contributed by atoms with van der Waals surface area (Å²) in [6.07, 6.45) is -2.69. The van der Waals surface area contributed by atoms with Crippen LogP contribution in [0.3, 0.4) is 0 Å². The molecular weight excluding hydrogens is 622 g/mol. The molecule has 5 N–H and O–H groups in total. The molecule has 2 amide bonds. The molecule has 0 radical (unpaired) electrons. The Balaban J connectivity index is 0.00000138. The third kappa shape index (κ3) is 12.0. The number of nitrogens with one attached hydrogen (secondary N) is 2. The van der Waals surface area contributed by atoms with Crippen molar-refractivity contribution < 1.29 is 51.8 Å². The van der Waals surface area contributed by atoms with Gasteiger partial charge < -0.3 is 16.4 Å². The molecule has 3 rings (SSSR count). The van der Waals surface area contributed by atoms with Crippen molar-refractivity contribution in [2.24, 2.45) is 16.0 Å². The number of nitrogens with zero attached hydrogens (tertiary/aromatic N) is 5. The zero-order chi connectivity index (χ0) is 30.8. The molecule has 0 atom stereocenters. The second kappa shape index (κ2) is 14.2. The standard InChI is InChI=1S/C18H16F2N8O7S2.O3S/c19-15-24-16(20)26-18(25-15)22-11-3-6-13(14(9-11)23-17(21)29)28-27-10-1-4-12(5-2-10)36(30,31)8-7-35-37(32,33)34;1-4(2)3/h1-6,9H,7-8H2,(H3,21,23,29)(H,32,33,34)(H,22,24,25,26);. The Morgan fingerprint density at radius 1 is 0.976 bits per heavy atom. The summed E-state index contributed by atoms with van der Waals surface area (Å²) in [6, 6.07) is 8.15.